The topological polar surface area (TPSA) is 171 Å². The average molecular weight is 676 g/mol. The fourth-order valence-corrected chi connectivity index (χ4v) is 7.79. The Morgan fingerprint density at radius 3 is 2.42 bits per heavy atom. The summed E-state index contributed by atoms with van der Waals surface area (Å²) in [5, 5.41) is 42.0. The van der Waals surface area contributed by atoms with E-state index >= 15 is 0 Å². The van der Waals surface area contributed by atoms with Gasteiger partial charge in [-0.2, -0.15) is 0 Å². The molecule has 0 spiro atoms. The predicted molar refractivity (Wildman–Crippen MR) is 177 cm³/mol. The van der Waals surface area contributed by atoms with Gasteiger partial charge in [-0.15, -0.1) is 0 Å². The second-order valence-corrected chi connectivity index (χ2v) is 14.8. The van der Waals surface area contributed by atoms with Gasteiger partial charge in [-0.25, -0.2) is 4.79 Å². The largest absolute Gasteiger partial charge is 0.461 e. The normalized spacial score (nSPS) is 40.2. The van der Waals surface area contributed by atoms with E-state index in [-0.39, 0.29) is 36.7 Å². The number of rotatable bonds is 4. The standard InChI is InChI=1S/C37H57NO10/c1-23(20-27-14-16-30(41)31(42)21-27)32-18-15-26(22-39)10-6-4-5-7-12-29(40)25(3)33-17-13-24(2)37(46,48-33)34(43)35(44)38-19-9-8-11-28(38)36(45)47-32/h6-7,10,12,23-28,30-33,39,41-42,46H,4-5,8-9,11,13-22H2,1-3H3/b10-6+,12-7+/t23-,24-,25+,26?,27+,28+,30-,31-,32+,33+,37-/m0/s1. The van der Waals surface area contributed by atoms with E-state index in [9.17, 15) is 39.6 Å². The van der Waals surface area contributed by atoms with Gasteiger partial charge in [0.15, 0.2) is 5.78 Å². The minimum atomic E-state index is -2.43. The van der Waals surface area contributed by atoms with Gasteiger partial charge < -0.3 is 34.8 Å². The van der Waals surface area contributed by atoms with E-state index in [2.05, 4.69) is 0 Å². The van der Waals surface area contributed by atoms with E-state index in [4.69, 9.17) is 9.47 Å². The highest BCUT2D eigenvalue weighted by molar-refractivity contribution is 6.39. The fourth-order valence-electron chi connectivity index (χ4n) is 7.79. The van der Waals surface area contributed by atoms with Crippen molar-refractivity contribution in [3.05, 3.63) is 24.3 Å². The fraction of sp³-hybridized carbons (Fsp3) is 0.784. The molecule has 11 atom stereocenters. The Morgan fingerprint density at radius 1 is 0.938 bits per heavy atom. The van der Waals surface area contributed by atoms with E-state index in [0.29, 0.717) is 77.0 Å². The van der Waals surface area contributed by atoms with Crippen LogP contribution in [0.1, 0.15) is 104 Å². The van der Waals surface area contributed by atoms with Crippen LogP contribution in [0, 0.1) is 29.6 Å². The van der Waals surface area contributed by atoms with E-state index in [1.807, 2.05) is 19.1 Å². The van der Waals surface area contributed by atoms with E-state index in [1.54, 1.807) is 19.9 Å². The maximum atomic E-state index is 13.9. The molecule has 48 heavy (non-hydrogen) atoms. The van der Waals surface area contributed by atoms with Crippen LogP contribution >= 0.6 is 0 Å². The summed E-state index contributed by atoms with van der Waals surface area (Å²) in [5.74, 6) is -6.86. The minimum Gasteiger partial charge on any atom is -0.461 e. The van der Waals surface area contributed by atoms with Gasteiger partial charge in [0.05, 0.1) is 18.3 Å². The van der Waals surface area contributed by atoms with Crippen molar-refractivity contribution < 1.29 is 49.1 Å². The van der Waals surface area contributed by atoms with Crippen LogP contribution in [0.3, 0.4) is 0 Å². The van der Waals surface area contributed by atoms with Gasteiger partial charge in [0.1, 0.15) is 12.1 Å². The molecule has 4 aliphatic rings. The van der Waals surface area contributed by atoms with E-state index in [0.717, 1.165) is 6.42 Å². The first-order valence-electron chi connectivity index (χ1n) is 18.2. The molecule has 11 nitrogen and oxygen atoms in total. The van der Waals surface area contributed by atoms with Crippen molar-refractivity contribution in [1.29, 1.82) is 0 Å². The Labute approximate surface area is 284 Å². The molecule has 3 aliphatic heterocycles. The first kappa shape index (κ1) is 38.4. The van der Waals surface area contributed by atoms with Crippen molar-refractivity contribution in [2.75, 3.05) is 13.2 Å². The Bertz CT molecular complexity index is 1190. The number of esters is 1. The number of hydrogen-bond acceptors (Lipinski definition) is 10. The third kappa shape index (κ3) is 9.41. The summed E-state index contributed by atoms with van der Waals surface area (Å²) in [5.41, 5.74) is 0. The zero-order valence-corrected chi connectivity index (χ0v) is 28.9. The summed E-state index contributed by atoms with van der Waals surface area (Å²) in [6.45, 7) is 5.39. The first-order chi connectivity index (χ1) is 22.8. The Kier molecular flexibility index (Phi) is 14.0. The second-order valence-electron chi connectivity index (χ2n) is 14.8. The molecule has 270 valence electrons. The van der Waals surface area contributed by atoms with Crippen molar-refractivity contribution in [3.63, 3.8) is 0 Å². The lowest BCUT2D eigenvalue weighted by atomic mass is 9.78. The molecule has 1 amide bonds. The lowest BCUT2D eigenvalue weighted by Crippen LogP contribution is -2.61. The lowest BCUT2D eigenvalue weighted by Gasteiger charge is -2.43. The SMILES string of the molecule is C[C@@H]1C(=O)/C=C/CC/C=C/C(CO)CC[C@H]([C@@H](C)C[C@H]2CC[C@H](O)[C@@H](O)C2)OC(=O)[C@H]2CCCCN2C(=O)C(=O)[C@@]2(O)O[C@@H]1CC[C@@H]2C. The number of ketones is 2. The minimum absolute atomic E-state index is 0.0835. The van der Waals surface area contributed by atoms with Crippen LogP contribution in [0.25, 0.3) is 0 Å². The van der Waals surface area contributed by atoms with Crippen molar-refractivity contribution in [3.8, 4) is 0 Å². The van der Waals surface area contributed by atoms with Crippen LogP contribution < -0.4 is 0 Å². The monoisotopic (exact) mass is 675 g/mol. The summed E-state index contributed by atoms with van der Waals surface area (Å²) >= 11 is 0. The maximum Gasteiger partial charge on any atom is 0.329 e. The number of piperidine rings is 1. The summed E-state index contributed by atoms with van der Waals surface area (Å²) in [6, 6.07) is -1.01. The summed E-state index contributed by atoms with van der Waals surface area (Å²) in [6.07, 6.45) is 11.4. The van der Waals surface area contributed by atoms with Crippen molar-refractivity contribution in [2.45, 2.75) is 140 Å². The molecule has 3 fully saturated rings. The molecule has 0 aromatic rings. The molecule has 3 heterocycles. The zero-order chi connectivity index (χ0) is 35.0. The quantitative estimate of drug-likeness (QED) is 0.197. The van der Waals surface area contributed by atoms with Gasteiger partial charge in [-0.05, 0) is 101 Å². The molecule has 1 aliphatic carbocycles. The van der Waals surface area contributed by atoms with Crippen LogP contribution in [-0.4, -0.2) is 98.2 Å². The molecule has 11 heteroatoms. The van der Waals surface area contributed by atoms with E-state index < -0.39 is 65.7 Å². The number of hydrogen-bond donors (Lipinski definition) is 4. The molecule has 1 saturated carbocycles. The van der Waals surface area contributed by atoms with Gasteiger partial charge in [0.25, 0.3) is 11.7 Å². The number of nitrogens with zero attached hydrogens (tertiary/aromatic N) is 1. The van der Waals surface area contributed by atoms with E-state index in [1.165, 1.54) is 11.0 Å². The zero-order valence-electron chi connectivity index (χ0n) is 28.9. The third-order valence-corrected chi connectivity index (χ3v) is 11.2. The molecular formula is C37H57NO10. The molecule has 0 radical (unpaired) electrons. The Hall–Kier alpha value is -2.44. The number of carbonyl (C=O) groups is 4. The van der Waals surface area contributed by atoms with Crippen LogP contribution in [-0.2, 0) is 28.7 Å². The first-order valence-corrected chi connectivity index (χ1v) is 18.2. The number of carbonyl (C=O) groups excluding carboxylic acids is 4. The summed E-state index contributed by atoms with van der Waals surface area (Å²) in [7, 11) is 0. The van der Waals surface area contributed by atoms with Crippen LogP contribution in [0.15, 0.2) is 24.3 Å². The molecule has 1 unspecified atom stereocenters. The van der Waals surface area contributed by atoms with Gasteiger partial charge in [-0.3, -0.25) is 14.4 Å². The molecule has 4 rings (SSSR count). The van der Waals surface area contributed by atoms with Crippen LogP contribution in [0.2, 0.25) is 0 Å². The molecule has 2 bridgehead atoms. The molecule has 0 aromatic heterocycles. The van der Waals surface area contributed by atoms with Gasteiger partial charge >= 0.3 is 5.97 Å². The van der Waals surface area contributed by atoms with Crippen molar-refractivity contribution in [1.82, 2.24) is 4.90 Å². The highest BCUT2D eigenvalue weighted by atomic mass is 16.6. The summed E-state index contributed by atoms with van der Waals surface area (Å²) < 4.78 is 12.1. The second kappa shape index (κ2) is 17.5. The Morgan fingerprint density at radius 2 is 1.69 bits per heavy atom. The van der Waals surface area contributed by atoms with Gasteiger partial charge in [-0.1, -0.05) is 39.0 Å². The number of allylic oxidation sites excluding steroid dienone is 3. The Balaban J connectivity index is 1.61. The molecule has 0 aromatic carbocycles. The highest BCUT2D eigenvalue weighted by Gasteiger charge is 2.53. The van der Waals surface area contributed by atoms with Crippen LogP contribution in [0.4, 0.5) is 0 Å². The maximum absolute atomic E-state index is 13.9. The number of Topliss-reactive ketones (excluding diaryl/α,β-unsaturated/α-hetero) is 1. The smallest absolute Gasteiger partial charge is 0.329 e. The van der Waals surface area contributed by atoms with Crippen LogP contribution in [0.5, 0.6) is 0 Å². The average Bonchev–Trinajstić information content (AvgIpc) is 3.08. The number of fused-ring (bicyclic) bond motifs is 3. The predicted octanol–water partition coefficient (Wildman–Crippen LogP) is 3.40. The van der Waals surface area contributed by atoms with Gasteiger partial charge in [0.2, 0.25) is 5.79 Å². The van der Waals surface area contributed by atoms with Crippen molar-refractivity contribution in [2.24, 2.45) is 29.6 Å². The summed E-state index contributed by atoms with van der Waals surface area (Å²) in [4.78, 5) is 55.7. The van der Waals surface area contributed by atoms with Gasteiger partial charge in [0, 0.05) is 30.9 Å². The third-order valence-electron chi connectivity index (χ3n) is 11.2. The number of ether oxygens (including phenoxy) is 2. The number of aliphatic hydroxyl groups is 4. The molecular weight excluding hydrogens is 618 g/mol. The molecule has 4 N–H and O–H groups in total. The number of amides is 1. The van der Waals surface area contributed by atoms with Crippen molar-refractivity contribution >= 4 is 23.4 Å². The highest BCUT2D eigenvalue weighted by Crippen LogP contribution is 2.37. The lowest BCUT2D eigenvalue weighted by molar-refractivity contribution is -0.268. The number of cyclic esters (lactones) is 1. The number of aliphatic hydroxyl groups excluding tert-OH is 3. The molecule has 2 saturated heterocycles.